The molecule has 0 fully saturated rings. The molecule has 4 heteroatoms. The molecule has 0 aliphatic carbocycles. The van der Waals surface area contributed by atoms with Gasteiger partial charge in [0.15, 0.2) is 5.76 Å². The van der Waals surface area contributed by atoms with Crippen molar-refractivity contribution in [2.45, 2.75) is 6.54 Å². The van der Waals surface area contributed by atoms with Crippen molar-refractivity contribution in [3.8, 4) is 0 Å². The van der Waals surface area contributed by atoms with Crippen LogP contribution in [0.15, 0.2) is 47.1 Å². The molecule has 0 atom stereocenters. The predicted octanol–water partition coefficient (Wildman–Crippen LogP) is 1.21. The van der Waals surface area contributed by atoms with E-state index in [4.69, 9.17) is 5.73 Å². The van der Waals surface area contributed by atoms with E-state index in [0.29, 0.717) is 12.3 Å². The molecule has 1 aromatic heterocycles. The van der Waals surface area contributed by atoms with Crippen molar-refractivity contribution < 1.29 is 4.52 Å². The molecule has 0 radical (unpaired) electrons. The normalized spacial score (nSPS) is 8.69. The van der Waals surface area contributed by atoms with Crippen molar-refractivity contribution in [3.05, 3.63) is 48.4 Å². The third kappa shape index (κ3) is 4.03. The molecule has 2 N–H and O–H groups in total. The SMILES string of the molecule is NCc1cnno1.c1ccccc1. The average molecular weight is 177 g/mol. The Hall–Kier alpha value is -1.68. The first-order valence-corrected chi connectivity index (χ1v) is 3.90. The molecule has 0 bridgehead atoms. The second-order valence-electron chi connectivity index (χ2n) is 2.24. The molecule has 13 heavy (non-hydrogen) atoms. The zero-order valence-electron chi connectivity index (χ0n) is 7.13. The number of aromatic nitrogens is 2. The first kappa shape index (κ1) is 9.41. The van der Waals surface area contributed by atoms with Gasteiger partial charge in [0.1, 0.15) is 0 Å². The number of rotatable bonds is 1. The summed E-state index contributed by atoms with van der Waals surface area (Å²) in [5, 5.41) is 6.58. The highest BCUT2D eigenvalue weighted by molar-refractivity contribution is 4.99. The number of hydrogen-bond donors (Lipinski definition) is 1. The van der Waals surface area contributed by atoms with E-state index in [1.807, 2.05) is 36.4 Å². The summed E-state index contributed by atoms with van der Waals surface area (Å²) in [7, 11) is 0. The summed E-state index contributed by atoms with van der Waals surface area (Å²) in [5.41, 5.74) is 5.12. The predicted molar refractivity (Wildman–Crippen MR) is 48.6 cm³/mol. The maximum absolute atomic E-state index is 5.12. The molecule has 0 saturated carbocycles. The van der Waals surface area contributed by atoms with Gasteiger partial charge in [-0.2, -0.15) is 0 Å². The maximum atomic E-state index is 5.12. The van der Waals surface area contributed by atoms with Gasteiger partial charge in [0, 0.05) is 5.27 Å². The molecule has 0 unspecified atom stereocenters. The van der Waals surface area contributed by atoms with Crippen molar-refractivity contribution in [1.29, 1.82) is 0 Å². The Kier molecular flexibility index (Phi) is 4.27. The number of nitrogens with two attached hydrogens (primary N) is 1. The summed E-state index contributed by atoms with van der Waals surface area (Å²) >= 11 is 0. The minimum Gasteiger partial charge on any atom is -0.341 e. The Labute approximate surface area is 76.4 Å². The van der Waals surface area contributed by atoms with Crippen LogP contribution >= 0.6 is 0 Å². The van der Waals surface area contributed by atoms with Crippen molar-refractivity contribution in [2.24, 2.45) is 5.73 Å². The van der Waals surface area contributed by atoms with Crippen molar-refractivity contribution in [2.75, 3.05) is 0 Å². The smallest absolute Gasteiger partial charge is 0.170 e. The molecular formula is C9H11N3O. The van der Waals surface area contributed by atoms with Gasteiger partial charge in [-0.05, 0) is 0 Å². The van der Waals surface area contributed by atoms with Crippen LogP contribution in [-0.2, 0) is 6.54 Å². The van der Waals surface area contributed by atoms with E-state index < -0.39 is 0 Å². The van der Waals surface area contributed by atoms with Crippen LogP contribution in [0, 0.1) is 0 Å². The lowest BCUT2D eigenvalue weighted by Gasteiger charge is -1.75. The molecule has 68 valence electrons. The molecule has 4 nitrogen and oxygen atoms in total. The molecule has 1 heterocycles. The van der Waals surface area contributed by atoms with E-state index in [0.717, 1.165) is 0 Å². The monoisotopic (exact) mass is 177 g/mol. The number of hydrogen-bond acceptors (Lipinski definition) is 4. The Bertz CT molecular complexity index is 267. The fourth-order valence-corrected chi connectivity index (χ4v) is 0.662. The zero-order valence-corrected chi connectivity index (χ0v) is 7.13. The molecule has 0 spiro atoms. The van der Waals surface area contributed by atoms with Gasteiger partial charge >= 0.3 is 0 Å². The molecule has 2 rings (SSSR count). The van der Waals surface area contributed by atoms with Gasteiger partial charge in [0.2, 0.25) is 0 Å². The Morgan fingerprint density at radius 1 is 1.08 bits per heavy atom. The van der Waals surface area contributed by atoms with Crippen LogP contribution in [0.4, 0.5) is 0 Å². The first-order chi connectivity index (χ1) is 6.43. The highest BCUT2D eigenvalue weighted by atomic mass is 16.5. The second-order valence-corrected chi connectivity index (χ2v) is 2.24. The van der Waals surface area contributed by atoms with Crippen molar-refractivity contribution >= 4 is 0 Å². The van der Waals surface area contributed by atoms with E-state index in [2.05, 4.69) is 14.9 Å². The topological polar surface area (TPSA) is 64.9 Å². The zero-order chi connectivity index (χ0) is 9.36. The molecule has 0 aliphatic rings. The van der Waals surface area contributed by atoms with E-state index in [1.54, 1.807) is 0 Å². The summed E-state index contributed by atoms with van der Waals surface area (Å²) in [4.78, 5) is 0. The first-order valence-electron chi connectivity index (χ1n) is 3.90. The van der Waals surface area contributed by atoms with Crippen LogP contribution in [0.1, 0.15) is 5.76 Å². The summed E-state index contributed by atoms with van der Waals surface area (Å²) in [5.74, 6) is 0.611. The van der Waals surface area contributed by atoms with Crippen LogP contribution in [0.3, 0.4) is 0 Å². The van der Waals surface area contributed by atoms with Crippen LogP contribution < -0.4 is 5.73 Å². The van der Waals surface area contributed by atoms with Crippen molar-refractivity contribution in [3.63, 3.8) is 0 Å². The minimum absolute atomic E-state index is 0.368. The van der Waals surface area contributed by atoms with Crippen LogP contribution in [-0.4, -0.2) is 10.4 Å². The molecular weight excluding hydrogens is 166 g/mol. The largest absolute Gasteiger partial charge is 0.341 e. The quantitative estimate of drug-likeness (QED) is 0.711. The minimum atomic E-state index is 0.368. The van der Waals surface area contributed by atoms with E-state index in [-0.39, 0.29) is 0 Å². The highest BCUT2D eigenvalue weighted by Crippen LogP contribution is 1.87. The summed E-state index contributed by atoms with van der Waals surface area (Å²) in [6, 6.07) is 12.0. The van der Waals surface area contributed by atoms with Gasteiger partial charge < -0.3 is 10.3 Å². The van der Waals surface area contributed by atoms with E-state index >= 15 is 0 Å². The molecule has 1 aromatic carbocycles. The van der Waals surface area contributed by atoms with Crippen LogP contribution in [0.2, 0.25) is 0 Å². The van der Waals surface area contributed by atoms with Crippen LogP contribution in [0.5, 0.6) is 0 Å². The third-order valence-electron chi connectivity index (χ3n) is 1.27. The fraction of sp³-hybridized carbons (Fsp3) is 0.111. The molecule has 0 aliphatic heterocycles. The van der Waals surface area contributed by atoms with Gasteiger partial charge in [0.25, 0.3) is 0 Å². The lowest BCUT2D eigenvalue weighted by molar-refractivity contribution is 0.363. The van der Waals surface area contributed by atoms with E-state index in [9.17, 15) is 0 Å². The van der Waals surface area contributed by atoms with Gasteiger partial charge in [0.05, 0.1) is 12.7 Å². The third-order valence-corrected chi connectivity index (χ3v) is 1.27. The summed E-state index contributed by atoms with van der Waals surface area (Å²) < 4.78 is 4.50. The highest BCUT2D eigenvalue weighted by Gasteiger charge is 1.88. The van der Waals surface area contributed by atoms with Gasteiger partial charge in [-0.25, -0.2) is 0 Å². The standard InChI is InChI=1S/C6H6.C3H5N3O/c1-2-4-6-5-3-1;4-1-3-2-5-6-7-3/h1-6H;2H,1,4H2. The molecule has 0 saturated heterocycles. The summed E-state index contributed by atoms with van der Waals surface area (Å²) in [6.07, 6.45) is 1.49. The lowest BCUT2D eigenvalue weighted by Crippen LogP contribution is -1.92. The Morgan fingerprint density at radius 2 is 1.62 bits per heavy atom. The Morgan fingerprint density at radius 3 is 1.85 bits per heavy atom. The summed E-state index contributed by atoms with van der Waals surface area (Å²) in [6.45, 7) is 0.368. The Balaban J connectivity index is 0.000000132. The van der Waals surface area contributed by atoms with Crippen LogP contribution in [0.25, 0.3) is 0 Å². The van der Waals surface area contributed by atoms with Gasteiger partial charge in [-0.3, -0.25) is 0 Å². The number of nitrogens with zero attached hydrogens (tertiary/aromatic N) is 2. The second kappa shape index (κ2) is 5.91. The molecule has 2 aromatic rings. The molecule has 0 amide bonds. The fourth-order valence-electron chi connectivity index (χ4n) is 0.662. The number of benzene rings is 1. The maximum Gasteiger partial charge on any atom is 0.170 e. The van der Waals surface area contributed by atoms with Gasteiger partial charge in [-0.15, -0.1) is 5.10 Å². The van der Waals surface area contributed by atoms with E-state index in [1.165, 1.54) is 6.20 Å². The van der Waals surface area contributed by atoms with Gasteiger partial charge in [-0.1, -0.05) is 36.4 Å². The lowest BCUT2D eigenvalue weighted by atomic mass is 10.4. The average Bonchev–Trinajstić information content (AvgIpc) is 2.74. The van der Waals surface area contributed by atoms with Crippen molar-refractivity contribution in [1.82, 2.24) is 10.4 Å².